The summed E-state index contributed by atoms with van der Waals surface area (Å²) in [5.74, 6) is 0.730. The van der Waals surface area contributed by atoms with Gasteiger partial charge >= 0.3 is 0 Å². The van der Waals surface area contributed by atoms with Crippen LogP contribution in [0, 0.1) is 23.0 Å². The van der Waals surface area contributed by atoms with E-state index in [0.717, 1.165) is 27.7 Å². The third kappa shape index (κ3) is 3.48. The van der Waals surface area contributed by atoms with Gasteiger partial charge in [-0.3, -0.25) is 10.1 Å². The van der Waals surface area contributed by atoms with Gasteiger partial charge in [-0.05, 0) is 31.7 Å². The Balaban J connectivity index is 1.68. The molecule has 1 aliphatic rings. The van der Waals surface area contributed by atoms with Crippen molar-refractivity contribution in [3.05, 3.63) is 27.3 Å². The lowest BCUT2D eigenvalue weighted by atomic mass is 10.2. The van der Waals surface area contributed by atoms with Gasteiger partial charge < -0.3 is 10.1 Å². The van der Waals surface area contributed by atoms with Crippen molar-refractivity contribution in [2.24, 2.45) is 5.92 Å². The second-order valence-electron chi connectivity index (χ2n) is 5.27. The Kier molecular flexibility index (Phi) is 4.03. The average molecular weight is 307 g/mol. The quantitative estimate of drug-likeness (QED) is 0.482. The molecule has 1 saturated carbocycles. The maximum absolute atomic E-state index is 11.2. The summed E-state index contributed by atoms with van der Waals surface area (Å²) in [7, 11) is 0. The Hall–Kier alpha value is -1.73. The highest BCUT2D eigenvalue weighted by Gasteiger charge is 2.21. The van der Waals surface area contributed by atoms with Gasteiger partial charge in [-0.15, -0.1) is 11.3 Å². The Morgan fingerprint density at radius 2 is 2.33 bits per heavy atom. The van der Waals surface area contributed by atoms with Crippen molar-refractivity contribution in [1.82, 2.24) is 4.98 Å². The van der Waals surface area contributed by atoms with Crippen LogP contribution in [-0.4, -0.2) is 29.7 Å². The van der Waals surface area contributed by atoms with Crippen molar-refractivity contribution in [2.45, 2.75) is 19.8 Å². The Bertz CT molecular complexity index is 667. The number of ether oxygens (including phenoxy) is 1. The molecule has 0 saturated heterocycles. The maximum Gasteiger partial charge on any atom is 0.293 e. The number of anilines is 1. The molecule has 1 heterocycles. The Labute approximate surface area is 126 Å². The summed E-state index contributed by atoms with van der Waals surface area (Å²) in [6, 6.07) is 3.34. The first-order valence-electron chi connectivity index (χ1n) is 7.00. The minimum absolute atomic E-state index is 0.0911. The summed E-state index contributed by atoms with van der Waals surface area (Å²) >= 11 is 1.47. The van der Waals surface area contributed by atoms with Gasteiger partial charge in [0.15, 0.2) is 0 Å². The maximum atomic E-state index is 11.2. The van der Waals surface area contributed by atoms with Gasteiger partial charge in [0.25, 0.3) is 5.69 Å². The van der Waals surface area contributed by atoms with Crippen LogP contribution in [0.2, 0.25) is 0 Å². The second-order valence-corrected chi connectivity index (χ2v) is 6.51. The molecule has 6 nitrogen and oxygen atoms in total. The number of aryl methyl sites for hydroxylation is 1. The molecule has 1 aliphatic carbocycles. The molecule has 112 valence electrons. The zero-order valence-electron chi connectivity index (χ0n) is 11.8. The van der Waals surface area contributed by atoms with Crippen molar-refractivity contribution >= 4 is 32.9 Å². The average Bonchev–Trinajstić information content (AvgIpc) is 3.17. The fourth-order valence-electron chi connectivity index (χ4n) is 2.16. The molecule has 1 fully saturated rings. The van der Waals surface area contributed by atoms with E-state index in [1.54, 1.807) is 12.1 Å². The van der Waals surface area contributed by atoms with Gasteiger partial charge in [0, 0.05) is 19.2 Å². The van der Waals surface area contributed by atoms with E-state index in [9.17, 15) is 10.1 Å². The lowest BCUT2D eigenvalue weighted by molar-refractivity contribution is -0.383. The van der Waals surface area contributed by atoms with Crippen LogP contribution in [0.25, 0.3) is 10.2 Å². The number of rotatable bonds is 7. The molecule has 0 radical (unpaired) electrons. The predicted octanol–water partition coefficient (Wildman–Crippen LogP) is 3.35. The molecule has 3 rings (SSSR count). The number of benzene rings is 1. The number of nitro benzene ring substituents is 1. The normalized spacial score (nSPS) is 14.5. The van der Waals surface area contributed by atoms with Crippen LogP contribution >= 0.6 is 11.3 Å². The van der Waals surface area contributed by atoms with E-state index in [0.29, 0.717) is 18.8 Å². The molecular formula is C14H17N3O3S. The minimum atomic E-state index is -0.359. The van der Waals surface area contributed by atoms with Crippen molar-refractivity contribution in [3.8, 4) is 0 Å². The first-order chi connectivity index (χ1) is 10.1. The highest BCUT2D eigenvalue weighted by atomic mass is 32.1. The smallest absolute Gasteiger partial charge is 0.293 e. The molecule has 0 amide bonds. The van der Waals surface area contributed by atoms with Gasteiger partial charge in [0.05, 0.1) is 26.8 Å². The predicted molar refractivity (Wildman–Crippen MR) is 83.0 cm³/mol. The monoisotopic (exact) mass is 307 g/mol. The molecule has 0 aliphatic heterocycles. The summed E-state index contributed by atoms with van der Waals surface area (Å²) in [6.07, 6.45) is 2.53. The Morgan fingerprint density at radius 3 is 3.05 bits per heavy atom. The number of fused-ring (bicyclic) bond motifs is 1. The molecule has 1 N–H and O–H groups in total. The minimum Gasteiger partial charge on any atom is -0.379 e. The van der Waals surface area contributed by atoms with Crippen LogP contribution in [0.15, 0.2) is 12.1 Å². The summed E-state index contributed by atoms with van der Waals surface area (Å²) in [6.45, 7) is 3.81. The van der Waals surface area contributed by atoms with Gasteiger partial charge in [-0.1, -0.05) is 0 Å². The first kappa shape index (κ1) is 14.2. The largest absolute Gasteiger partial charge is 0.379 e. The molecule has 2 aromatic rings. The third-order valence-electron chi connectivity index (χ3n) is 3.42. The summed E-state index contributed by atoms with van der Waals surface area (Å²) in [5.41, 5.74) is 1.39. The molecule has 0 unspecified atom stereocenters. The van der Waals surface area contributed by atoms with Gasteiger partial charge in [-0.2, -0.15) is 0 Å². The number of hydrogen-bond donors (Lipinski definition) is 1. The Morgan fingerprint density at radius 1 is 1.52 bits per heavy atom. The van der Waals surface area contributed by atoms with Crippen molar-refractivity contribution in [1.29, 1.82) is 0 Å². The molecular weight excluding hydrogens is 290 g/mol. The van der Waals surface area contributed by atoms with Crippen LogP contribution < -0.4 is 5.32 Å². The van der Waals surface area contributed by atoms with E-state index in [4.69, 9.17) is 4.74 Å². The van der Waals surface area contributed by atoms with Gasteiger partial charge in [0.2, 0.25) is 0 Å². The van der Waals surface area contributed by atoms with E-state index >= 15 is 0 Å². The lowest BCUT2D eigenvalue weighted by Crippen LogP contribution is -2.11. The third-order valence-corrected chi connectivity index (χ3v) is 4.36. The second kappa shape index (κ2) is 5.95. The summed E-state index contributed by atoms with van der Waals surface area (Å²) in [4.78, 5) is 15.2. The highest BCUT2D eigenvalue weighted by Crippen LogP contribution is 2.33. The van der Waals surface area contributed by atoms with Crippen LogP contribution in [0.3, 0.4) is 0 Å². The number of thiazole rings is 1. The van der Waals surface area contributed by atoms with Crippen LogP contribution in [0.4, 0.5) is 11.4 Å². The molecule has 7 heteroatoms. The highest BCUT2D eigenvalue weighted by molar-refractivity contribution is 7.18. The van der Waals surface area contributed by atoms with E-state index < -0.39 is 0 Å². The van der Waals surface area contributed by atoms with Crippen molar-refractivity contribution < 1.29 is 9.66 Å². The number of hydrogen-bond acceptors (Lipinski definition) is 6. The van der Waals surface area contributed by atoms with E-state index in [2.05, 4.69) is 10.3 Å². The molecule has 0 bridgehead atoms. The standard InChI is InChI=1S/C14H17N3O3S/c1-9-16-12-6-11(13(17(18)19)7-14(12)21-9)15-4-5-20-8-10-2-3-10/h6-7,10,15H,2-5,8H2,1H3. The zero-order chi connectivity index (χ0) is 14.8. The molecule has 0 atom stereocenters. The molecule has 21 heavy (non-hydrogen) atoms. The fraction of sp³-hybridized carbons (Fsp3) is 0.500. The number of nitro groups is 1. The SMILES string of the molecule is Cc1nc2cc(NCCOCC3CC3)c([N+](=O)[O-])cc2s1. The first-order valence-corrected chi connectivity index (χ1v) is 7.82. The summed E-state index contributed by atoms with van der Waals surface area (Å²) in [5, 5.41) is 15.2. The van der Waals surface area contributed by atoms with Crippen molar-refractivity contribution in [2.75, 3.05) is 25.1 Å². The van der Waals surface area contributed by atoms with Gasteiger partial charge in [0.1, 0.15) is 5.69 Å². The van der Waals surface area contributed by atoms with Crippen molar-refractivity contribution in [3.63, 3.8) is 0 Å². The molecule has 1 aromatic carbocycles. The topological polar surface area (TPSA) is 77.3 Å². The molecule has 0 spiro atoms. The van der Waals surface area contributed by atoms with Crippen LogP contribution in [0.1, 0.15) is 17.8 Å². The van der Waals surface area contributed by atoms with E-state index in [-0.39, 0.29) is 10.6 Å². The van der Waals surface area contributed by atoms with E-state index in [1.807, 2.05) is 6.92 Å². The number of nitrogens with one attached hydrogen (secondary N) is 1. The van der Waals surface area contributed by atoms with E-state index in [1.165, 1.54) is 24.2 Å². The lowest BCUT2D eigenvalue weighted by Gasteiger charge is -2.07. The van der Waals surface area contributed by atoms with Crippen LogP contribution in [0.5, 0.6) is 0 Å². The molecule has 1 aromatic heterocycles. The number of aromatic nitrogens is 1. The zero-order valence-corrected chi connectivity index (χ0v) is 12.6. The number of nitrogens with zero attached hydrogens (tertiary/aromatic N) is 2. The van der Waals surface area contributed by atoms with Gasteiger partial charge in [-0.25, -0.2) is 4.98 Å². The summed E-state index contributed by atoms with van der Waals surface area (Å²) < 4.78 is 6.37. The van der Waals surface area contributed by atoms with Crippen LogP contribution in [-0.2, 0) is 4.74 Å². The fourth-order valence-corrected chi connectivity index (χ4v) is 3.01.